The summed E-state index contributed by atoms with van der Waals surface area (Å²) in [5, 5.41) is 9.50. The van der Waals surface area contributed by atoms with Gasteiger partial charge < -0.3 is 4.74 Å². The van der Waals surface area contributed by atoms with E-state index >= 15 is 0 Å². The van der Waals surface area contributed by atoms with Gasteiger partial charge in [0.15, 0.2) is 0 Å². The van der Waals surface area contributed by atoms with Crippen LogP contribution in [0.5, 0.6) is 5.75 Å². The van der Waals surface area contributed by atoms with Gasteiger partial charge in [0.25, 0.3) is 0 Å². The molecule has 0 aromatic heterocycles. The summed E-state index contributed by atoms with van der Waals surface area (Å²) in [5.41, 5.74) is 2.25. The molecule has 4 heteroatoms. The van der Waals surface area contributed by atoms with Crippen molar-refractivity contribution in [2.24, 2.45) is 0 Å². The fraction of sp³-hybridized carbons (Fsp3) is 0.0455. The second-order valence-electron chi connectivity index (χ2n) is 5.61. The monoisotopic (exact) mass is 407 g/mol. The van der Waals surface area contributed by atoms with E-state index in [-0.39, 0.29) is 11.1 Å². The molecule has 0 spiro atoms. The molecular weight excluding hydrogens is 393 g/mol. The molecule has 0 saturated heterocycles. The van der Waals surface area contributed by atoms with Crippen molar-refractivity contribution in [3.63, 3.8) is 0 Å². The van der Waals surface area contributed by atoms with Gasteiger partial charge in [-0.3, -0.25) is 0 Å². The number of hydrogen-bond donors (Lipinski definition) is 0. The molecule has 3 aromatic carbocycles. The van der Waals surface area contributed by atoms with Crippen LogP contribution in [-0.2, 0) is 6.61 Å². The van der Waals surface area contributed by atoms with Gasteiger partial charge in [0, 0.05) is 15.6 Å². The maximum absolute atomic E-state index is 14.0. The Morgan fingerprint density at radius 3 is 2.50 bits per heavy atom. The third-order valence-electron chi connectivity index (χ3n) is 3.79. The Morgan fingerprint density at radius 2 is 1.77 bits per heavy atom. The zero-order valence-corrected chi connectivity index (χ0v) is 15.4. The molecule has 0 atom stereocenters. The average molecular weight is 408 g/mol. The van der Waals surface area contributed by atoms with Gasteiger partial charge in [-0.25, -0.2) is 4.39 Å². The van der Waals surface area contributed by atoms with Crippen molar-refractivity contribution in [3.05, 3.63) is 99.8 Å². The maximum atomic E-state index is 14.0. The van der Waals surface area contributed by atoms with Crippen molar-refractivity contribution >= 4 is 27.6 Å². The van der Waals surface area contributed by atoms with E-state index in [1.54, 1.807) is 24.3 Å². The predicted molar refractivity (Wildman–Crippen MR) is 105 cm³/mol. The summed E-state index contributed by atoms with van der Waals surface area (Å²) in [4.78, 5) is 0. The van der Waals surface area contributed by atoms with E-state index in [1.807, 2.05) is 48.5 Å². The Kier molecular flexibility index (Phi) is 5.83. The molecule has 3 aromatic rings. The van der Waals surface area contributed by atoms with Crippen LogP contribution in [0.1, 0.15) is 16.7 Å². The number of benzene rings is 3. The van der Waals surface area contributed by atoms with E-state index in [2.05, 4.69) is 22.0 Å². The fourth-order valence-electron chi connectivity index (χ4n) is 2.50. The molecule has 26 heavy (non-hydrogen) atoms. The minimum atomic E-state index is -0.429. The summed E-state index contributed by atoms with van der Waals surface area (Å²) in [5.74, 6) is 0.197. The largest absolute Gasteiger partial charge is 0.488 e. The quantitative estimate of drug-likeness (QED) is 0.370. The second kappa shape index (κ2) is 8.46. The molecule has 0 radical (unpaired) electrons. The lowest BCUT2D eigenvalue weighted by Gasteiger charge is -2.11. The van der Waals surface area contributed by atoms with Crippen molar-refractivity contribution in [2.75, 3.05) is 0 Å². The number of halogens is 2. The van der Waals surface area contributed by atoms with Gasteiger partial charge >= 0.3 is 0 Å². The van der Waals surface area contributed by atoms with Crippen molar-refractivity contribution in [3.8, 4) is 11.8 Å². The highest BCUT2D eigenvalue weighted by Gasteiger charge is 2.10. The molecular formula is C22H15BrFNO. The first kappa shape index (κ1) is 17.9. The summed E-state index contributed by atoms with van der Waals surface area (Å²) in [6.07, 6.45) is 1.64. The van der Waals surface area contributed by atoms with Gasteiger partial charge in [0.2, 0.25) is 0 Å². The molecule has 0 heterocycles. The Morgan fingerprint density at radius 1 is 1.04 bits per heavy atom. The third kappa shape index (κ3) is 4.38. The van der Waals surface area contributed by atoms with Crippen molar-refractivity contribution in [1.29, 1.82) is 5.26 Å². The van der Waals surface area contributed by atoms with Gasteiger partial charge in [0.05, 0.1) is 11.6 Å². The van der Waals surface area contributed by atoms with Crippen molar-refractivity contribution < 1.29 is 9.13 Å². The Labute approximate surface area is 160 Å². The van der Waals surface area contributed by atoms with Gasteiger partial charge in [-0.15, -0.1) is 0 Å². The first-order chi connectivity index (χ1) is 12.7. The molecule has 0 aliphatic rings. The van der Waals surface area contributed by atoms with Gasteiger partial charge in [0.1, 0.15) is 18.2 Å². The van der Waals surface area contributed by atoms with Crippen molar-refractivity contribution in [2.45, 2.75) is 6.61 Å². The van der Waals surface area contributed by atoms with Crippen LogP contribution in [0.2, 0.25) is 0 Å². The van der Waals surface area contributed by atoms with E-state index in [0.717, 1.165) is 10.0 Å². The smallest absolute Gasteiger partial charge is 0.131 e. The summed E-state index contributed by atoms with van der Waals surface area (Å²) < 4.78 is 20.8. The van der Waals surface area contributed by atoms with E-state index in [1.165, 1.54) is 6.07 Å². The highest BCUT2D eigenvalue weighted by molar-refractivity contribution is 9.10. The van der Waals surface area contributed by atoms with Gasteiger partial charge in [-0.05, 0) is 35.9 Å². The SMILES string of the molecule is N#C/C(=C/c1cc(Br)ccc1OCc1ccccc1)c1ccccc1F. The molecule has 0 fully saturated rings. The predicted octanol–water partition coefficient (Wildman–Crippen LogP) is 6.23. The highest BCUT2D eigenvalue weighted by atomic mass is 79.9. The van der Waals surface area contributed by atoms with E-state index in [4.69, 9.17) is 4.74 Å². The average Bonchev–Trinajstić information content (AvgIpc) is 2.67. The third-order valence-corrected chi connectivity index (χ3v) is 4.29. The molecule has 0 N–H and O–H groups in total. The van der Waals surface area contributed by atoms with Crippen LogP contribution in [0.3, 0.4) is 0 Å². The van der Waals surface area contributed by atoms with Crippen LogP contribution in [0.4, 0.5) is 4.39 Å². The summed E-state index contributed by atoms with van der Waals surface area (Å²) in [7, 11) is 0. The number of nitrogens with zero attached hydrogens (tertiary/aromatic N) is 1. The van der Waals surface area contributed by atoms with Gasteiger partial charge in [-0.2, -0.15) is 5.26 Å². The highest BCUT2D eigenvalue weighted by Crippen LogP contribution is 2.29. The Balaban J connectivity index is 1.95. The van der Waals surface area contributed by atoms with Crippen LogP contribution >= 0.6 is 15.9 Å². The number of hydrogen-bond acceptors (Lipinski definition) is 2. The molecule has 0 amide bonds. The molecule has 0 aliphatic heterocycles. The first-order valence-corrected chi connectivity index (χ1v) is 8.79. The Hall–Kier alpha value is -2.90. The Bertz CT molecular complexity index is 977. The molecule has 3 rings (SSSR count). The summed E-state index contributed by atoms with van der Waals surface area (Å²) in [6.45, 7) is 0.408. The molecule has 0 unspecified atom stereocenters. The number of ether oxygens (including phenoxy) is 1. The zero-order valence-electron chi connectivity index (χ0n) is 13.8. The van der Waals surface area contributed by atoms with Crippen LogP contribution in [0.25, 0.3) is 11.6 Å². The number of rotatable bonds is 5. The first-order valence-electron chi connectivity index (χ1n) is 8.00. The normalized spacial score (nSPS) is 11.0. The molecule has 0 bridgehead atoms. The molecule has 2 nitrogen and oxygen atoms in total. The standard InChI is InChI=1S/C22H15BrFNO/c23-19-10-11-22(26-15-16-6-2-1-3-7-16)17(13-19)12-18(14-25)20-8-4-5-9-21(20)24/h1-13H,15H2/b18-12-. The van der Waals surface area contributed by atoms with Crippen LogP contribution in [0, 0.1) is 17.1 Å². The lowest BCUT2D eigenvalue weighted by atomic mass is 10.0. The minimum Gasteiger partial charge on any atom is -0.488 e. The fourth-order valence-corrected chi connectivity index (χ4v) is 2.88. The molecule has 0 aliphatic carbocycles. The zero-order chi connectivity index (χ0) is 18.4. The van der Waals surface area contributed by atoms with Crippen LogP contribution < -0.4 is 4.74 Å². The van der Waals surface area contributed by atoms with Gasteiger partial charge in [-0.1, -0.05) is 64.5 Å². The summed E-state index contributed by atoms with van der Waals surface area (Å²) >= 11 is 3.43. The summed E-state index contributed by atoms with van der Waals surface area (Å²) in [6, 6.07) is 23.7. The van der Waals surface area contributed by atoms with Crippen LogP contribution in [0.15, 0.2) is 77.3 Å². The van der Waals surface area contributed by atoms with E-state index in [9.17, 15) is 9.65 Å². The number of nitriles is 1. The second-order valence-corrected chi connectivity index (χ2v) is 6.52. The minimum absolute atomic E-state index is 0.241. The topological polar surface area (TPSA) is 33.0 Å². The van der Waals surface area contributed by atoms with E-state index in [0.29, 0.717) is 17.9 Å². The maximum Gasteiger partial charge on any atom is 0.131 e. The molecule has 0 saturated carbocycles. The number of allylic oxidation sites excluding steroid dienone is 1. The molecule has 128 valence electrons. The van der Waals surface area contributed by atoms with Crippen molar-refractivity contribution in [1.82, 2.24) is 0 Å². The van der Waals surface area contributed by atoms with E-state index < -0.39 is 5.82 Å². The lowest BCUT2D eigenvalue weighted by molar-refractivity contribution is 0.305. The van der Waals surface area contributed by atoms with Crippen LogP contribution in [-0.4, -0.2) is 0 Å². The lowest BCUT2D eigenvalue weighted by Crippen LogP contribution is -1.97.